The summed E-state index contributed by atoms with van der Waals surface area (Å²) in [5.74, 6) is -0.186. The number of hydrogen-bond acceptors (Lipinski definition) is 3. The van der Waals surface area contributed by atoms with Crippen molar-refractivity contribution in [2.45, 2.75) is 13.3 Å². The molecule has 19 heavy (non-hydrogen) atoms. The van der Waals surface area contributed by atoms with Crippen LogP contribution in [0.1, 0.15) is 13.3 Å². The van der Waals surface area contributed by atoms with Crippen LogP contribution < -0.4 is 10.2 Å². The van der Waals surface area contributed by atoms with Gasteiger partial charge in [0.05, 0.1) is 6.61 Å². The first-order valence-electron chi connectivity index (χ1n) is 6.92. The summed E-state index contributed by atoms with van der Waals surface area (Å²) in [6.45, 7) is 6.57. The quantitative estimate of drug-likeness (QED) is 0.855. The third-order valence-corrected chi connectivity index (χ3v) is 3.84. The predicted molar refractivity (Wildman–Crippen MR) is 76.1 cm³/mol. The van der Waals surface area contributed by atoms with Crippen LogP contribution in [0, 0.1) is 11.2 Å². The van der Waals surface area contributed by atoms with Gasteiger partial charge in [-0.2, -0.15) is 0 Å². The molecule has 1 fully saturated rings. The molecule has 1 unspecified atom stereocenters. The van der Waals surface area contributed by atoms with Crippen LogP contribution in [-0.4, -0.2) is 39.9 Å². The van der Waals surface area contributed by atoms with Crippen molar-refractivity contribution in [1.29, 1.82) is 0 Å². The Balaban J connectivity index is 2.11. The summed E-state index contributed by atoms with van der Waals surface area (Å²) in [5.41, 5.74) is 1.24. The first-order chi connectivity index (χ1) is 9.19. The Kier molecular flexibility index (Phi) is 4.77. The molecule has 1 heterocycles. The van der Waals surface area contributed by atoms with Gasteiger partial charge in [0.1, 0.15) is 5.82 Å². The summed E-state index contributed by atoms with van der Waals surface area (Å²) in [6, 6.07) is 6.74. The van der Waals surface area contributed by atoms with Crippen molar-refractivity contribution in [2.75, 3.05) is 44.8 Å². The van der Waals surface area contributed by atoms with Gasteiger partial charge in [-0.1, -0.05) is 0 Å². The zero-order valence-electron chi connectivity index (χ0n) is 11.8. The van der Waals surface area contributed by atoms with E-state index in [1.54, 1.807) is 0 Å². The largest absolute Gasteiger partial charge is 0.381 e. The highest BCUT2D eigenvalue weighted by atomic mass is 19.1. The molecule has 1 N–H and O–H groups in total. The zero-order chi connectivity index (χ0) is 13.7. The smallest absolute Gasteiger partial charge is 0.123 e. The molecule has 3 nitrogen and oxygen atoms in total. The van der Waals surface area contributed by atoms with Crippen molar-refractivity contribution >= 4 is 5.69 Å². The maximum absolute atomic E-state index is 13.0. The second-order valence-corrected chi connectivity index (χ2v) is 5.32. The van der Waals surface area contributed by atoms with Crippen molar-refractivity contribution in [1.82, 2.24) is 5.32 Å². The summed E-state index contributed by atoms with van der Waals surface area (Å²) >= 11 is 0. The van der Waals surface area contributed by atoms with Gasteiger partial charge in [-0.15, -0.1) is 0 Å². The van der Waals surface area contributed by atoms with Gasteiger partial charge in [-0.3, -0.25) is 0 Å². The number of ether oxygens (including phenoxy) is 1. The normalized spacial score (nSPS) is 22.7. The second kappa shape index (κ2) is 6.35. The molecule has 2 rings (SSSR count). The minimum Gasteiger partial charge on any atom is -0.381 e. The first kappa shape index (κ1) is 14.3. The van der Waals surface area contributed by atoms with Gasteiger partial charge >= 0.3 is 0 Å². The molecule has 0 radical (unpaired) electrons. The minimum atomic E-state index is -0.186. The van der Waals surface area contributed by atoms with Crippen LogP contribution in [0.15, 0.2) is 24.3 Å². The molecule has 4 heteroatoms. The monoisotopic (exact) mass is 266 g/mol. The second-order valence-electron chi connectivity index (χ2n) is 5.32. The van der Waals surface area contributed by atoms with E-state index in [0.29, 0.717) is 0 Å². The van der Waals surface area contributed by atoms with Crippen LogP contribution in [0.3, 0.4) is 0 Å². The van der Waals surface area contributed by atoms with Gasteiger partial charge in [0.2, 0.25) is 0 Å². The Morgan fingerprint density at radius 1 is 1.37 bits per heavy atom. The Hall–Kier alpha value is -1.13. The third-order valence-electron chi connectivity index (χ3n) is 3.84. The topological polar surface area (TPSA) is 24.5 Å². The first-order valence-corrected chi connectivity index (χ1v) is 6.92. The predicted octanol–water partition coefficient (Wildman–Crippen LogP) is 2.28. The van der Waals surface area contributed by atoms with E-state index in [9.17, 15) is 4.39 Å². The summed E-state index contributed by atoms with van der Waals surface area (Å²) in [6.07, 6.45) is 1.07. The lowest BCUT2D eigenvalue weighted by Gasteiger charge is -2.35. The lowest BCUT2D eigenvalue weighted by atomic mass is 9.86. The van der Waals surface area contributed by atoms with Gasteiger partial charge in [-0.25, -0.2) is 4.39 Å². The fourth-order valence-electron chi connectivity index (χ4n) is 2.79. The Bertz CT molecular complexity index is 388. The summed E-state index contributed by atoms with van der Waals surface area (Å²) < 4.78 is 18.6. The lowest BCUT2D eigenvalue weighted by molar-refractivity contribution is 0.153. The Morgan fingerprint density at radius 2 is 2.11 bits per heavy atom. The molecule has 106 valence electrons. The van der Waals surface area contributed by atoms with E-state index in [2.05, 4.69) is 17.1 Å². The molecule has 0 amide bonds. The van der Waals surface area contributed by atoms with Crippen molar-refractivity contribution in [3.05, 3.63) is 30.1 Å². The van der Waals surface area contributed by atoms with E-state index in [4.69, 9.17) is 4.74 Å². The Labute approximate surface area is 114 Å². The van der Waals surface area contributed by atoms with Crippen LogP contribution in [0.5, 0.6) is 0 Å². The molecule has 0 bridgehead atoms. The summed E-state index contributed by atoms with van der Waals surface area (Å²) in [4.78, 5) is 2.30. The van der Waals surface area contributed by atoms with E-state index in [0.717, 1.165) is 45.0 Å². The highest BCUT2D eigenvalue weighted by Gasteiger charge is 2.35. The highest BCUT2D eigenvalue weighted by Crippen LogP contribution is 2.30. The van der Waals surface area contributed by atoms with E-state index in [-0.39, 0.29) is 11.2 Å². The van der Waals surface area contributed by atoms with Crippen molar-refractivity contribution < 1.29 is 9.13 Å². The average Bonchev–Trinajstić information content (AvgIpc) is 2.86. The number of anilines is 1. The maximum Gasteiger partial charge on any atom is 0.123 e. The van der Waals surface area contributed by atoms with Crippen molar-refractivity contribution in [3.63, 3.8) is 0 Å². The van der Waals surface area contributed by atoms with Gasteiger partial charge in [0, 0.05) is 37.3 Å². The van der Waals surface area contributed by atoms with Crippen LogP contribution in [0.2, 0.25) is 0 Å². The fourth-order valence-corrected chi connectivity index (χ4v) is 2.79. The minimum absolute atomic E-state index is 0.166. The number of nitrogens with one attached hydrogen (secondary N) is 1. The molecule has 0 aromatic heterocycles. The summed E-state index contributed by atoms with van der Waals surface area (Å²) in [7, 11) is 1.98. The zero-order valence-corrected chi connectivity index (χ0v) is 11.8. The van der Waals surface area contributed by atoms with Gasteiger partial charge in [-0.05, 0) is 44.7 Å². The van der Waals surface area contributed by atoms with E-state index in [1.807, 2.05) is 19.2 Å². The van der Waals surface area contributed by atoms with Gasteiger partial charge in [0.25, 0.3) is 0 Å². The number of rotatable bonds is 6. The standard InChI is InChI=1S/C15H23FN2O/c1-3-18(14-6-4-13(16)5-7-14)11-15(10-17-2)8-9-19-12-15/h4-7,17H,3,8-12H2,1-2H3. The number of hydrogen-bond donors (Lipinski definition) is 1. The maximum atomic E-state index is 13.0. The van der Waals surface area contributed by atoms with Crippen LogP contribution in [0.25, 0.3) is 0 Å². The molecule has 1 saturated heterocycles. The van der Waals surface area contributed by atoms with E-state index < -0.39 is 0 Å². The Morgan fingerprint density at radius 3 is 2.63 bits per heavy atom. The molecule has 1 aromatic rings. The number of nitrogens with zero attached hydrogens (tertiary/aromatic N) is 1. The van der Waals surface area contributed by atoms with E-state index >= 15 is 0 Å². The molecule has 0 saturated carbocycles. The van der Waals surface area contributed by atoms with Crippen molar-refractivity contribution in [2.24, 2.45) is 5.41 Å². The molecule has 0 aliphatic carbocycles. The SMILES string of the molecule is CCN(CC1(CNC)CCOC1)c1ccc(F)cc1. The number of halogens is 1. The van der Waals surface area contributed by atoms with Crippen LogP contribution in [-0.2, 0) is 4.74 Å². The fraction of sp³-hybridized carbons (Fsp3) is 0.600. The molecule has 1 atom stereocenters. The number of benzene rings is 1. The summed E-state index contributed by atoms with van der Waals surface area (Å²) in [5, 5.41) is 3.27. The van der Waals surface area contributed by atoms with Gasteiger partial charge < -0.3 is 15.0 Å². The molecular weight excluding hydrogens is 243 g/mol. The molecule has 1 aromatic carbocycles. The van der Waals surface area contributed by atoms with Crippen molar-refractivity contribution in [3.8, 4) is 0 Å². The third kappa shape index (κ3) is 3.45. The average molecular weight is 266 g/mol. The molecule has 1 aliphatic heterocycles. The molecule has 0 spiro atoms. The molecule has 1 aliphatic rings. The highest BCUT2D eigenvalue weighted by molar-refractivity contribution is 5.46. The molecular formula is C15H23FN2O. The lowest BCUT2D eigenvalue weighted by Crippen LogP contribution is -2.44. The van der Waals surface area contributed by atoms with Crippen LogP contribution >= 0.6 is 0 Å². The van der Waals surface area contributed by atoms with Crippen LogP contribution in [0.4, 0.5) is 10.1 Å². The van der Waals surface area contributed by atoms with Gasteiger partial charge in [0.15, 0.2) is 0 Å². The van der Waals surface area contributed by atoms with E-state index in [1.165, 1.54) is 12.1 Å².